The first-order valence-electron chi connectivity index (χ1n) is 8.47. The lowest BCUT2D eigenvalue weighted by molar-refractivity contribution is -0.0253. The first-order chi connectivity index (χ1) is 11.8. The molecule has 2 heterocycles. The van der Waals surface area contributed by atoms with E-state index >= 15 is 0 Å². The Balaban J connectivity index is 1.38. The summed E-state index contributed by atoms with van der Waals surface area (Å²) in [7, 11) is 0. The zero-order chi connectivity index (χ0) is 16.6. The van der Waals surface area contributed by atoms with Crippen molar-refractivity contribution in [2.24, 2.45) is 0 Å². The third-order valence-electron chi connectivity index (χ3n) is 4.16. The van der Waals surface area contributed by atoms with Gasteiger partial charge in [0.25, 0.3) is 0 Å². The standard InChI is InChI=1S/C18H25N3O2S/c1-2-21-7-8-22-18(11-21)10-19-9-15-3-5-17(6-4-15)23-12-16-13-24-14-20-16/h3-6,13-14,18-19H,2,7-12H2,1H3/t18-/m1/s1. The summed E-state index contributed by atoms with van der Waals surface area (Å²) >= 11 is 1.59. The fourth-order valence-corrected chi connectivity index (χ4v) is 3.28. The third kappa shape index (κ3) is 5.27. The number of likely N-dealkylation sites (N-methyl/N-ethyl adjacent to an activating group) is 1. The molecule has 0 unspecified atom stereocenters. The molecular formula is C18H25N3O2S. The van der Waals surface area contributed by atoms with Gasteiger partial charge in [0.15, 0.2) is 0 Å². The quantitative estimate of drug-likeness (QED) is 0.795. The molecule has 1 fully saturated rings. The van der Waals surface area contributed by atoms with E-state index in [-0.39, 0.29) is 0 Å². The Bertz CT molecular complexity index is 589. The molecule has 24 heavy (non-hydrogen) atoms. The molecule has 1 aliphatic heterocycles. The monoisotopic (exact) mass is 347 g/mol. The second-order valence-corrected chi connectivity index (χ2v) is 6.65. The summed E-state index contributed by atoms with van der Waals surface area (Å²) in [6, 6.07) is 8.23. The van der Waals surface area contributed by atoms with Crippen LogP contribution in [0.1, 0.15) is 18.2 Å². The predicted molar refractivity (Wildman–Crippen MR) is 96.4 cm³/mol. The molecule has 0 amide bonds. The molecule has 0 saturated carbocycles. The fraction of sp³-hybridized carbons (Fsp3) is 0.500. The molecule has 1 atom stereocenters. The number of hydrogen-bond donors (Lipinski definition) is 1. The Kier molecular flexibility index (Phi) is 6.60. The highest BCUT2D eigenvalue weighted by Crippen LogP contribution is 2.14. The first kappa shape index (κ1) is 17.4. The van der Waals surface area contributed by atoms with E-state index < -0.39 is 0 Å². The van der Waals surface area contributed by atoms with Gasteiger partial charge in [-0.2, -0.15) is 0 Å². The van der Waals surface area contributed by atoms with E-state index in [2.05, 4.69) is 34.3 Å². The van der Waals surface area contributed by atoms with Gasteiger partial charge in [0.05, 0.1) is 23.9 Å². The van der Waals surface area contributed by atoms with E-state index in [4.69, 9.17) is 9.47 Å². The molecule has 0 spiro atoms. The van der Waals surface area contributed by atoms with Crippen LogP contribution in [0.5, 0.6) is 5.75 Å². The molecule has 130 valence electrons. The van der Waals surface area contributed by atoms with Crippen molar-refractivity contribution in [3.8, 4) is 5.75 Å². The van der Waals surface area contributed by atoms with Gasteiger partial charge in [-0.1, -0.05) is 19.1 Å². The van der Waals surface area contributed by atoms with E-state index in [1.807, 2.05) is 23.0 Å². The van der Waals surface area contributed by atoms with Crippen LogP contribution in [0.4, 0.5) is 0 Å². The number of thiazole rings is 1. The van der Waals surface area contributed by atoms with E-state index in [0.717, 1.165) is 50.8 Å². The van der Waals surface area contributed by atoms with Crippen molar-refractivity contribution in [3.63, 3.8) is 0 Å². The van der Waals surface area contributed by atoms with Crippen molar-refractivity contribution in [2.75, 3.05) is 32.8 Å². The van der Waals surface area contributed by atoms with Gasteiger partial charge in [0.1, 0.15) is 12.4 Å². The molecule has 6 heteroatoms. The van der Waals surface area contributed by atoms with Crippen molar-refractivity contribution in [1.82, 2.24) is 15.2 Å². The molecule has 1 aliphatic rings. The van der Waals surface area contributed by atoms with E-state index in [9.17, 15) is 0 Å². The van der Waals surface area contributed by atoms with Crippen LogP contribution in [0, 0.1) is 0 Å². The fourth-order valence-electron chi connectivity index (χ4n) is 2.74. The lowest BCUT2D eigenvalue weighted by atomic mass is 10.2. The van der Waals surface area contributed by atoms with E-state index in [0.29, 0.717) is 12.7 Å². The number of ether oxygens (including phenoxy) is 2. The van der Waals surface area contributed by atoms with Gasteiger partial charge in [-0.05, 0) is 24.2 Å². The lowest BCUT2D eigenvalue weighted by Crippen LogP contribution is -2.46. The number of hydrogen-bond acceptors (Lipinski definition) is 6. The summed E-state index contributed by atoms with van der Waals surface area (Å²) in [6.45, 7) is 8.47. The summed E-state index contributed by atoms with van der Waals surface area (Å²) in [4.78, 5) is 6.65. The summed E-state index contributed by atoms with van der Waals surface area (Å²) in [6.07, 6.45) is 0.291. The van der Waals surface area contributed by atoms with Gasteiger partial charge in [0, 0.05) is 31.6 Å². The van der Waals surface area contributed by atoms with Gasteiger partial charge in [-0.15, -0.1) is 11.3 Å². The molecule has 0 radical (unpaired) electrons. The summed E-state index contributed by atoms with van der Waals surface area (Å²) in [5.74, 6) is 0.876. The molecular weight excluding hydrogens is 322 g/mol. The first-order valence-corrected chi connectivity index (χ1v) is 9.41. The smallest absolute Gasteiger partial charge is 0.131 e. The van der Waals surface area contributed by atoms with Gasteiger partial charge in [-0.3, -0.25) is 4.90 Å². The van der Waals surface area contributed by atoms with Crippen LogP contribution in [0.15, 0.2) is 35.2 Å². The maximum Gasteiger partial charge on any atom is 0.131 e. The van der Waals surface area contributed by atoms with Crippen molar-refractivity contribution in [2.45, 2.75) is 26.2 Å². The van der Waals surface area contributed by atoms with Crippen LogP contribution >= 0.6 is 11.3 Å². The zero-order valence-electron chi connectivity index (χ0n) is 14.1. The van der Waals surface area contributed by atoms with Gasteiger partial charge in [-0.25, -0.2) is 4.98 Å². The largest absolute Gasteiger partial charge is 0.487 e. The van der Waals surface area contributed by atoms with Crippen LogP contribution in [0.25, 0.3) is 0 Å². The maximum atomic E-state index is 5.81. The highest BCUT2D eigenvalue weighted by Gasteiger charge is 2.18. The molecule has 1 aromatic heterocycles. The maximum absolute atomic E-state index is 5.81. The summed E-state index contributed by atoms with van der Waals surface area (Å²) in [5, 5.41) is 5.49. The number of nitrogens with one attached hydrogen (secondary N) is 1. The van der Waals surface area contributed by atoms with Crippen molar-refractivity contribution in [3.05, 3.63) is 46.4 Å². The minimum Gasteiger partial charge on any atom is -0.487 e. The number of aromatic nitrogens is 1. The van der Waals surface area contributed by atoms with E-state index in [1.54, 1.807) is 11.3 Å². The molecule has 1 aromatic carbocycles. The molecule has 3 rings (SSSR count). The second kappa shape index (κ2) is 9.13. The average molecular weight is 347 g/mol. The van der Waals surface area contributed by atoms with Crippen LogP contribution in [-0.4, -0.2) is 48.8 Å². The van der Waals surface area contributed by atoms with Crippen molar-refractivity contribution >= 4 is 11.3 Å². The number of nitrogens with zero attached hydrogens (tertiary/aromatic N) is 2. The average Bonchev–Trinajstić information content (AvgIpc) is 3.15. The second-order valence-electron chi connectivity index (χ2n) is 5.93. The van der Waals surface area contributed by atoms with Crippen LogP contribution in [0.2, 0.25) is 0 Å². The summed E-state index contributed by atoms with van der Waals surface area (Å²) < 4.78 is 11.5. The van der Waals surface area contributed by atoms with Gasteiger partial charge in [0.2, 0.25) is 0 Å². The minimum absolute atomic E-state index is 0.291. The molecule has 1 N–H and O–H groups in total. The highest BCUT2D eigenvalue weighted by atomic mass is 32.1. The Hall–Kier alpha value is -1.47. The van der Waals surface area contributed by atoms with Crippen molar-refractivity contribution in [1.29, 1.82) is 0 Å². The van der Waals surface area contributed by atoms with Gasteiger partial charge < -0.3 is 14.8 Å². The summed E-state index contributed by atoms with van der Waals surface area (Å²) in [5.41, 5.74) is 4.04. The molecule has 1 saturated heterocycles. The Morgan fingerprint density at radius 1 is 1.38 bits per heavy atom. The minimum atomic E-state index is 0.291. The van der Waals surface area contributed by atoms with E-state index in [1.165, 1.54) is 5.56 Å². The molecule has 0 aliphatic carbocycles. The number of benzene rings is 1. The third-order valence-corrected chi connectivity index (χ3v) is 4.80. The molecule has 0 bridgehead atoms. The molecule has 5 nitrogen and oxygen atoms in total. The van der Waals surface area contributed by atoms with Crippen molar-refractivity contribution < 1.29 is 9.47 Å². The molecule has 2 aromatic rings. The van der Waals surface area contributed by atoms with Crippen LogP contribution < -0.4 is 10.1 Å². The number of morpholine rings is 1. The Morgan fingerprint density at radius 2 is 2.25 bits per heavy atom. The normalized spacial score (nSPS) is 18.6. The lowest BCUT2D eigenvalue weighted by Gasteiger charge is -2.32. The van der Waals surface area contributed by atoms with Gasteiger partial charge >= 0.3 is 0 Å². The van der Waals surface area contributed by atoms with Crippen LogP contribution in [0.3, 0.4) is 0 Å². The zero-order valence-corrected chi connectivity index (χ0v) is 14.9. The highest BCUT2D eigenvalue weighted by molar-refractivity contribution is 7.07. The SMILES string of the molecule is CCN1CCO[C@H](CNCc2ccc(OCc3cscn3)cc2)C1. The van der Waals surface area contributed by atoms with Crippen LogP contribution in [-0.2, 0) is 17.9 Å². The number of rotatable bonds is 8. The Morgan fingerprint density at radius 3 is 3.00 bits per heavy atom. The Labute approximate surface area is 147 Å². The predicted octanol–water partition coefficient (Wildman–Crippen LogP) is 2.53. The topological polar surface area (TPSA) is 46.6 Å².